The highest BCUT2D eigenvalue weighted by atomic mass is 35.5. The molecule has 0 aliphatic carbocycles. The number of pyridine rings is 2. The van der Waals surface area contributed by atoms with E-state index in [4.69, 9.17) is 27.9 Å². The fourth-order valence-corrected chi connectivity index (χ4v) is 7.34. The van der Waals surface area contributed by atoms with Gasteiger partial charge in [-0.1, -0.05) is 59.6 Å². The monoisotopic (exact) mass is 725 g/mol. The number of nitrogens with zero attached hydrogens (tertiary/aromatic N) is 3. The maximum atomic E-state index is 13.3. The lowest BCUT2D eigenvalue weighted by Gasteiger charge is -2.16. The normalized spacial score (nSPS) is 17.2. The summed E-state index contributed by atoms with van der Waals surface area (Å²) in [6.07, 6.45) is 7.79. The van der Waals surface area contributed by atoms with Gasteiger partial charge in [0.1, 0.15) is 11.4 Å². The van der Waals surface area contributed by atoms with Gasteiger partial charge in [-0.25, -0.2) is 4.98 Å². The molecule has 0 unspecified atom stereocenters. The van der Waals surface area contributed by atoms with Gasteiger partial charge in [0.15, 0.2) is 0 Å². The molecule has 0 radical (unpaired) electrons. The van der Waals surface area contributed by atoms with Gasteiger partial charge in [-0.3, -0.25) is 23.8 Å². The van der Waals surface area contributed by atoms with Crippen LogP contribution in [0.15, 0.2) is 78.0 Å². The predicted molar refractivity (Wildman–Crippen MR) is 198 cm³/mol. The van der Waals surface area contributed by atoms with Crippen LogP contribution in [0.4, 0.5) is 0 Å². The number of carbonyl (C=O) groups excluding carboxylic acids is 2. The van der Waals surface area contributed by atoms with Crippen LogP contribution in [-0.2, 0) is 22.7 Å². The molecule has 2 aliphatic heterocycles. The molecule has 13 heteroatoms. The van der Waals surface area contributed by atoms with Crippen molar-refractivity contribution in [3.8, 4) is 39.1 Å². The van der Waals surface area contributed by atoms with Crippen molar-refractivity contribution in [3.63, 3.8) is 0 Å². The van der Waals surface area contributed by atoms with Gasteiger partial charge in [0, 0.05) is 103 Å². The van der Waals surface area contributed by atoms with Crippen LogP contribution in [-0.4, -0.2) is 58.5 Å². The first-order chi connectivity index (χ1) is 24.8. The second-order valence-electron chi connectivity index (χ2n) is 12.8. The van der Waals surface area contributed by atoms with Gasteiger partial charge in [0.05, 0.1) is 22.8 Å². The molecule has 2 saturated heterocycles. The number of methoxy groups -OCH3 is 1. The fourth-order valence-electron chi connectivity index (χ4n) is 6.66. The summed E-state index contributed by atoms with van der Waals surface area (Å²) in [5.74, 6) is 0.778. The molecule has 5 aromatic rings. The zero-order chi connectivity index (χ0) is 35.5. The van der Waals surface area contributed by atoms with E-state index in [1.165, 1.54) is 4.40 Å². The average molecular weight is 727 g/mol. The number of fused-ring (bicyclic) bond motifs is 1. The highest BCUT2D eigenvalue weighted by Crippen LogP contribution is 2.42. The van der Waals surface area contributed by atoms with Gasteiger partial charge < -0.3 is 26.0 Å². The van der Waals surface area contributed by atoms with Crippen LogP contribution in [0.5, 0.6) is 5.75 Å². The number of hydrogen-bond acceptors (Lipinski definition) is 8. The van der Waals surface area contributed by atoms with Crippen LogP contribution in [0.1, 0.15) is 36.9 Å². The number of aromatic nitrogens is 3. The number of rotatable bonds is 12. The first-order valence-corrected chi connectivity index (χ1v) is 17.7. The number of benzene rings is 2. The van der Waals surface area contributed by atoms with Crippen LogP contribution < -0.4 is 31.6 Å². The first-order valence-electron chi connectivity index (χ1n) is 16.9. The van der Waals surface area contributed by atoms with E-state index in [0.717, 1.165) is 51.9 Å². The third kappa shape index (κ3) is 7.48. The van der Waals surface area contributed by atoms with Crippen molar-refractivity contribution in [3.05, 3.63) is 105 Å². The van der Waals surface area contributed by atoms with Gasteiger partial charge in [0.2, 0.25) is 11.8 Å². The van der Waals surface area contributed by atoms with Crippen LogP contribution in [0.3, 0.4) is 0 Å². The van der Waals surface area contributed by atoms with Gasteiger partial charge in [-0.05, 0) is 36.6 Å². The van der Waals surface area contributed by atoms with E-state index >= 15 is 0 Å². The Balaban J connectivity index is 1.10. The van der Waals surface area contributed by atoms with E-state index in [1.807, 2.05) is 54.6 Å². The molecule has 0 spiro atoms. The SMILES string of the molecule is COc1cc(-c2cccc(-c3cccc(-c4ccn5c(=O)c(CNC[C@H]6CCC(=O)N6)cnc5c4)c3Cl)c2Cl)cnc1CNC[C@@H]1CCC(=O)N1. The highest BCUT2D eigenvalue weighted by molar-refractivity contribution is 6.39. The van der Waals surface area contributed by atoms with Gasteiger partial charge in [-0.2, -0.15) is 0 Å². The molecule has 0 bridgehead atoms. The number of hydrogen-bond donors (Lipinski definition) is 4. The van der Waals surface area contributed by atoms with Crippen molar-refractivity contribution in [2.24, 2.45) is 0 Å². The molecule has 51 heavy (non-hydrogen) atoms. The van der Waals surface area contributed by atoms with Crippen molar-refractivity contribution < 1.29 is 14.3 Å². The molecular formula is C38H37Cl2N7O4. The molecule has 5 heterocycles. The first kappa shape index (κ1) is 34.6. The molecule has 4 N–H and O–H groups in total. The summed E-state index contributed by atoms with van der Waals surface area (Å²) in [5, 5.41) is 13.5. The fraction of sp³-hybridized carbons (Fsp3) is 0.289. The Bertz CT molecular complexity index is 2190. The zero-order valence-electron chi connectivity index (χ0n) is 28.0. The predicted octanol–water partition coefficient (Wildman–Crippen LogP) is 5.14. The Kier molecular flexibility index (Phi) is 10.3. The van der Waals surface area contributed by atoms with Gasteiger partial charge >= 0.3 is 0 Å². The average Bonchev–Trinajstić information content (AvgIpc) is 3.76. The van der Waals surface area contributed by atoms with Crippen molar-refractivity contribution in [1.82, 2.24) is 35.6 Å². The van der Waals surface area contributed by atoms with Gasteiger partial charge in [0.25, 0.3) is 5.56 Å². The Morgan fingerprint density at radius 1 is 0.784 bits per heavy atom. The molecule has 3 aromatic heterocycles. The minimum atomic E-state index is -0.160. The standard InChI is InChI=1S/C38H37Cl2N7O4/c1-51-32-14-23(17-43-31(32)21-42-20-26-9-11-35(49)46-26)28-5-3-7-30(37(28)40)29-6-2-4-27(36(29)39)22-12-13-47-33(15-22)44-18-24(38(47)50)16-41-19-25-8-10-34(48)45-25/h2-7,12-15,17-18,25-26,41-42H,8-11,16,19-21H2,1H3,(H,45,48)(H,46,49)/t25-,26+/m1/s1. The molecule has 2 aliphatic rings. The minimum absolute atomic E-state index is 0.0609. The third-order valence-corrected chi connectivity index (χ3v) is 10.2. The smallest absolute Gasteiger partial charge is 0.262 e. The lowest BCUT2D eigenvalue weighted by atomic mass is 9.96. The summed E-state index contributed by atoms with van der Waals surface area (Å²) in [4.78, 5) is 45.5. The lowest BCUT2D eigenvalue weighted by Crippen LogP contribution is -2.36. The van der Waals surface area contributed by atoms with Crippen LogP contribution >= 0.6 is 23.2 Å². The number of ether oxygens (including phenoxy) is 1. The topological polar surface area (TPSA) is 139 Å². The van der Waals surface area contributed by atoms with E-state index < -0.39 is 0 Å². The van der Waals surface area contributed by atoms with Crippen LogP contribution in [0.2, 0.25) is 10.0 Å². The summed E-state index contributed by atoms with van der Waals surface area (Å²) < 4.78 is 7.21. The van der Waals surface area contributed by atoms with Gasteiger partial charge in [-0.15, -0.1) is 0 Å². The maximum absolute atomic E-state index is 13.3. The molecule has 0 saturated carbocycles. The molecule has 2 aromatic carbocycles. The Morgan fingerprint density at radius 2 is 1.39 bits per heavy atom. The highest BCUT2D eigenvalue weighted by Gasteiger charge is 2.22. The van der Waals surface area contributed by atoms with Crippen LogP contribution in [0, 0.1) is 0 Å². The third-order valence-electron chi connectivity index (χ3n) is 9.40. The molecule has 2 atom stereocenters. The van der Waals surface area contributed by atoms with E-state index in [2.05, 4.69) is 31.2 Å². The second-order valence-corrected chi connectivity index (χ2v) is 13.6. The number of amides is 2. The molecular weight excluding hydrogens is 689 g/mol. The summed E-state index contributed by atoms with van der Waals surface area (Å²) in [7, 11) is 1.61. The second kappa shape index (κ2) is 15.2. The van der Waals surface area contributed by atoms with E-state index in [9.17, 15) is 14.4 Å². The summed E-state index contributed by atoms with van der Waals surface area (Å²) in [6, 6.07) is 17.4. The van der Waals surface area contributed by atoms with Crippen molar-refractivity contribution in [1.29, 1.82) is 0 Å². The number of nitrogens with one attached hydrogen (secondary N) is 4. The van der Waals surface area contributed by atoms with E-state index in [0.29, 0.717) is 66.0 Å². The van der Waals surface area contributed by atoms with E-state index in [-0.39, 0.29) is 29.5 Å². The maximum Gasteiger partial charge on any atom is 0.262 e. The van der Waals surface area contributed by atoms with Crippen molar-refractivity contribution in [2.75, 3.05) is 20.2 Å². The Morgan fingerprint density at radius 3 is 2.00 bits per heavy atom. The van der Waals surface area contributed by atoms with Crippen molar-refractivity contribution >= 4 is 40.7 Å². The lowest BCUT2D eigenvalue weighted by molar-refractivity contribution is -0.120. The zero-order valence-corrected chi connectivity index (χ0v) is 29.5. The Hall–Kier alpha value is -4.81. The molecule has 11 nitrogen and oxygen atoms in total. The Labute approximate surface area is 304 Å². The van der Waals surface area contributed by atoms with Crippen LogP contribution in [0.25, 0.3) is 39.0 Å². The largest absolute Gasteiger partial charge is 0.495 e. The molecule has 262 valence electrons. The quantitative estimate of drug-likeness (QED) is 0.139. The molecule has 2 fully saturated rings. The van der Waals surface area contributed by atoms with Crippen molar-refractivity contribution in [2.45, 2.75) is 50.9 Å². The molecule has 7 rings (SSSR count). The molecule has 2 amide bonds. The number of halogens is 2. The summed E-state index contributed by atoms with van der Waals surface area (Å²) >= 11 is 14.2. The summed E-state index contributed by atoms with van der Waals surface area (Å²) in [5.41, 5.74) is 6.29. The van der Waals surface area contributed by atoms with E-state index in [1.54, 1.807) is 25.7 Å². The minimum Gasteiger partial charge on any atom is -0.495 e. The summed E-state index contributed by atoms with van der Waals surface area (Å²) in [6.45, 7) is 2.09. The number of carbonyl (C=O) groups is 2.